The van der Waals surface area contributed by atoms with Gasteiger partial charge in [0.1, 0.15) is 10.8 Å². The number of thiocarbonyl (C=S) groups is 1. The Kier molecular flexibility index (Phi) is 3.17. The number of benzene rings is 1. The zero-order chi connectivity index (χ0) is 13.2. The van der Waals surface area contributed by atoms with Gasteiger partial charge in [-0.25, -0.2) is 4.98 Å². The highest BCUT2D eigenvalue weighted by atomic mass is 32.1. The summed E-state index contributed by atoms with van der Waals surface area (Å²) in [7, 11) is 0. The Bertz CT molecular complexity index is 599. The first-order valence-corrected chi connectivity index (χ1v) is 6.72. The third-order valence-electron chi connectivity index (χ3n) is 3.45. The standard InChI is InChI=1S/C15H15N3S/c16-15(19)12-5-6-17-14(9-12)18-13-7-10-3-1-2-4-11(10)8-13/h1-6,9,13H,7-8H2,(H2,16,19)(H,17,18). The fourth-order valence-electron chi connectivity index (χ4n) is 2.53. The molecular weight excluding hydrogens is 254 g/mol. The van der Waals surface area contributed by atoms with Crippen LogP contribution in [0.15, 0.2) is 42.6 Å². The molecule has 0 amide bonds. The second kappa shape index (κ2) is 4.97. The third-order valence-corrected chi connectivity index (χ3v) is 3.68. The topological polar surface area (TPSA) is 50.9 Å². The lowest BCUT2D eigenvalue weighted by molar-refractivity contribution is 0.769. The third kappa shape index (κ3) is 2.58. The van der Waals surface area contributed by atoms with E-state index in [1.165, 1.54) is 11.1 Å². The van der Waals surface area contributed by atoms with E-state index >= 15 is 0 Å². The van der Waals surface area contributed by atoms with Gasteiger partial charge in [0.25, 0.3) is 0 Å². The number of nitrogens with two attached hydrogens (primary N) is 1. The summed E-state index contributed by atoms with van der Waals surface area (Å²) >= 11 is 4.98. The van der Waals surface area contributed by atoms with Crippen LogP contribution in [0.5, 0.6) is 0 Å². The Morgan fingerprint density at radius 1 is 1.21 bits per heavy atom. The van der Waals surface area contributed by atoms with Crippen molar-refractivity contribution in [3.8, 4) is 0 Å². The van der Waals surface area contributed by atoms with E-state index in [9.17, 15) is 0 Å². The van der Waals surface area contributed by atoms with Crippen molar-refractivity contribution >= 4 is 23.0 Å². The number of pyridine rings is 1. The quantitative estimate of drug-likeness (QED) is 0.840. The number of aromatic nitrogens is 1. The van der Waals surface area contributed by atoms with Gasteiger partial charge < -0.3 is 11.1 Å². The second-order valence-electron chi connectivity index (χ2n) is 4.81. The molecule has 1 aliphatic carbocycles. The summed E-state index contributed by atoms with van der Waals surface area (Å²) in [5, 5.41) is 3.46. The first-order chi connectivity index (χ1) is 9.22. The molecule has 0 fully saturated rings. The second-order valence-corrected chi connectivity index (χ2v) is 5.25. The molecule has 3 N–H and O–H groups in total. The van der Waals surface area contributed by atoms with Crippen LogP contribution in [-0.4, -0.2) is 16.0 Å². The molecule has 2 aromatic rings. The minimum Gasteiger partial charge on any atom is -0.389 e. The van der Waals surface area contributed by atoms with Crippen molar-refractivity contribution in [2.75, 3.05) is 5.32 Å². The van der Waals surface area contributed by atoms with Crippen LogP contribution < -0.4 is 11.1 Å². The highest BCUT2D eigenvalue weighted by Crippen LogP contribution is 2.24. The van der Waals surface area contributed by atoms with Crippen LogP contribution >= 0.6 is 12.2 Å². The van der Waals surface area contributed by atoms with Gasteiger partial charge in [0.2, 0.25) is 0 Å². The van der Waals surface area contributed by atoms with Gasteiger partial charge in [-0.05, 0) is 36.1 Å². The average molecular weight is 269 g/mol. The van der Waals surface area contributed by atoms with Crippen LogP contribution in [0.3, 0.4) is 0 Å². The Balaban J connectivity index is 1.74. The van der Waals surface area contributed by atoms with Crippen LogP contribution in [0.2, 0.25) is 0 Å². The van der Waals surface area contributed by atoms with Gasteiger partial charge in [-0.3, -0.25) is 0 Å². The molecule has 0 bridgehead atoms. The normalized spacial score (nSPS) is 14.1. The van der Waals surface area contributed by atoms with E-state index in [4.69, 9.17) is 18.0 Å². The number of hydrogen-bond acceptors (Lipinski definition) is 3. The molecule has 0 saturated carbocycles. The summed E-state index contributed by atoms with van der Waals surface area (Å²) < 4.78 is 0. The minimum absolute atomic E-state index is 0.395. The van der Waals surface area contributed by atoms with Gasteiger partial charge in [-0.1, -0.05) is 36.5 Å². The number of hydrogen-bond donors (Lipinski definition) is 2. The zero-order valence-electron chi connectivity index (χ0n) is 10.5. The van der Waals surface area contributed by atoms with Crippen molar-refractivity contribution in [2.24, 2.45) is 5.73 Å². The molecule has 0 aliphatic heterocycles. The van der Waals surface area contributed by atoms with Crippen molar-refractivity contribution in [2.45, 2.75) is 18.9 Å². The first-order valence-electron chi connectivity index (χ1n) is 6.31. The van der Waals surface area contributed by atoms with Crippen molar-refractivity contribution in [3.63, 3.8) is 0 Å². The zero-order valence-corrected chi connectivity index (χ0v) is 11.3. The first kappa shape index (κ1) is 12.1. The molecular formula is C15H15N3S. The number of rotatable bonds is 3. The van der Waals surface area contributed by atoms with Crippen molar-refractivity contribution in [1.29, 1.82) is 0 Å². The SMILES string of the molecule is NC(=S)c1ccnc(NC2Cc3ccccc3C2)c1. The summed E-state index contributed by atoms with van der Waals surface area (Å²) in [6.07, 6.45) is 3.81. The van der Waals surface area contributed by atoms with Crippen LogP contribution in [0.1, 0.15) is 16.7 Å². The average Bonchev–Trinajstić information content (AvgIpc) is 2.81. The summed E-state index contributed by atoms with van der Waals surface area (Å²) in [5.74, 6) is 0.836. The van der Waals surface area contributed by atoms with E-state index in [-0.39, 0.29) is 0 Å². The number of anilines is 1. The van der Waals surface area contributed by atoms with E-state index in [0.717, 1.165) is 24.2 Å². The van der Waals surface area contributed by atoms with Crippen LogP contribution in [0.4, 0.5) is 5.82 Å². The van der Waals surface area contributed by atoms with Gasteiger partial charge in [0.05, 0.1) is 0 Å². The lowest BCUT2D eigenvalue weighted by atomic mass is 10.1. The lowest BCUT2D eigenvalue weighted by Gasteiger charge is -2.13. The molecule has 1 aromatic heterocycles. The maximum Gasteiger partial charge on any atom is 0.126 e. The highest BCUT2D eigenvalue weighted by molar-refractivity contribution is 7.80. The molecule has 0 radical (unpaired) electrons. The molecule has 0 spiro atoms. The number of nitrogens with zero attached hydrogens (tertiary/aromatic N) is 1. The van der Waals surface area contributed by atoms with Gasteiger partial charge in [0, 0.05) is 17.8 Å². The van der Waals surface area contributed by atoms with Crippen LogP contribution in [-0.2, 0) is 12.8 Å². The largest absolute Gasteiger partial charge is 0.389 e. The summed E-state index contributed by atoms with van der Waals surface area (Å²) in [4.78, 5) is 4.72. The molecule has 3 rings (SSSR count). The molecule has 1 aliphatic rings. The predicted molar refractivity (Wildman–Crippen MR) is 81.4 cm³/mol. The molecule has 0 saturated heterocycles. The summed E-state index contributed by atoms with van der Waals surface area (Å²) in [6.45, 7) is 0. The van der Waals surface area contributed by atoms with Gasteiger partial charge in [0.15, 0.2) is 0 Å². The van der Waals surface area contributed by atoms with E-state index in [1.54, 1.807) is 6.20 Å². The Hall–Kier alpha value is -1.94. The monoisotopic (exact) mass is 269 g/mol. The highest BCUT2D eigenvalue weighted by Gasteiger charge is 2.20. The van der Waals surface area contributed by atoms with E-state index < -0.39 is 0 Å². The van der Waals surface area contributed by atoms with Crippen LogP contribution in [0.25, 0.3) is 0 Å². The molecule has 96 valence electrons. The predicted octanol–water partition coefficient (Wildman–Crippen LogP) is 2.30. The molecule has 19 heavy (non-hydrogen) atoms. The maximum atomic E-state index is 5.64. The molecule has 1 aromatic carbocycles. The molecule has 1 heterocycles. The Labute approximate surface area is 117 Å². The van der Waals surface area contributed by atoms with Gasteiger partial charge in [-0.15, -0.1) is 0 Å². The fourth-order valence-corrected chi connectivity index (χ4v) is 2.66. The summed E-state index contributed by atoms with van der Waals surface area (Å²) in [6, 6.07) is 12.7. The van der Waals surface area contributed by atoms with E-state index in [1.807, 2.05) is 12.1 Å². The van der Waals surface area contributed by atoms with Crippen LogP contribution in [0, 0.1) is 0 Å². The number of fused-ring (bicyclic) bond motifs is 1. The number of nitrogens with one attached hydrogen (secondary N) is 1. The molecule has 4 heteroatoms. The smallest absolute Gasteiger partial charge is 0.126 e. The summed E-state index contributed by atoms with van der Waals surface area (Å²) in [5.41, 5.74) is 9.33. The minimum atomic E-state index is 0.395. The maximum absolute atomic E-state index is 5.64. The Morgan fingerprint density at radius 2 is 1.89 bits per heavy atom. The lowest BCUT2D eigenvalue weighted by Crippen LogP contribution is -2.20. The van der Waals surface area contributed by atoms with Gasteiger partial charge in [-0.2, -0.15) is 0 Å². The van der Waals surface area contributed by atoms with E-state index in [0.29, 0.717) is 11.0 Å². The Morgan fingerprint density at radius 3 is 2.53 bits per heavy atom. The fraction of sp³-hybridized carbons (Fsp3) is 0.200. The van der Waals surface area contributed by atoms with Crippen molar-refractivity contribution < 1.29 is 0 Å². The molecule has 0 atom stereocenters. The van der Waals surface area contributed by atoms with Crippen molar-refractivity contribution in [3.05, 3.63) is 59.3 Å². The van der Waals surface area contributed by atoms with E-state index in [2.05, 4.69) is 34.6 Å². The molecule has 3 nitrogen and oxygen atoms in total. The van der Waals surface area contributed by atoms with Gasteiger partial charge >= 0.3 is 0 Å². The molecule has 0 unspecified atom stereocenters. The van der Waals surface area contributed by atoms with Crippen molar-refractivity contribution in [1.82, 2.24) is 4.98 Å².